The van der Waals surface area contributed by atoms with Gasteiger partial charge >= 0.3 is 0 Å². The van der Waals surface area contributed by atoms with E-state index in [2.05, 4.69) is 10.2 Å². The van der Waals surface area contributed by atoms with Crippen LogP contribution in [0.5, 0.6) is 5.75 Å². The zero-order valence-corrected chi connectivity index (χ0v) is 12.4. The van der Waals surface area contributed by atoms with E-state index >= 15 is 0 Å². The maximum atomic E-state index is 12.2. The molecule has 20 heavy (non-hydrogen) atoms. The number of hydrogen-bond donors (Lipinski definition) is 1. The molecule has 1 aromatic carbocycles. The summed E-state index contributed by atoms with van der Waals surface area (Å²) in [7, 11) is 1.65. The van der Waals surface area contributed by atoms with Crippen LogP contribution in [-0.4, -0.2) is 50.5 Å². The molecular formula is C16H24N2O2. The van der Waals surface area contributed by atoms with Crippen LogP contribution in [0.4, 0.5) is 0 Å². The molecule has 0 unspecified atom stereocenters. The second-order valence-electron chi connectivity index (χ2n) is 5.30. The lowest BCUT2D eigenvalue weighted by molar-refractivity contribution is 0.0965. The van der Waals surface area contributed by atoms with Crippen LogP contribution in [0.15, 0.2) is 18.2 Å². The summed E-state index contributed by atoms with van der Waals surface area (Å²) in [4.78, 5) is 14.6. The van der Waals surface area contributed by atoms with E-state index in [1.165, 1.54) is 0 Å². The van der Waals surface area contributed by atoms with Crippen molar-refractivity contribution in [1.82, 2.24) is 10.2 Å². The third-order valence-electron chi connectivity index (χ3n) is 3.80. The number of benzene rings is 1. The smallest absolute Gasteiger partial charge is 0.164 e. The third-order valence-corrected chi connectivity index (χ3v) is 3.80. The van der Waals surface area contributed by atoms with Gasteiger partial charge in [-0.05, 0) is 50.2 Å². The summed E-state index contributed by atoms with van der Waals surface area (Å²) in [6, 6.07) is 5.65. The fraction of sp³-hybridized carbons (Fsp3) is 0.562. The van der Waals surface area contributed by atoms with E-state index in [0.29, 0.717) is 6.42 Å². The first-order valence-electron chi connectivity index (χ1n) is 7.31. The Balaban J connectivity index is 1.89. The van der Waals surface area contributed by atoms with E-state index in [9.17, 15) is 4.79 Å². The SMILES string of the molecule is COc1ccc(C(=O)CCN2CCCNCC2)cc1C. The van der Waals surface area contributed by atoms with Crippen molar-refractivity contribution in [3.05, 3.63) is 29.3 Å². The van der Waals surface area contributed by atoms with Gasteiger partial charge in [0.2, 0.25) is 0 Å². The molecule has 2 rings (SSSR count). The van der Waals surface area contributed by atoms with Crippen molar-refractivity contribution in [3.63, 3.8) is 0 Å². The standard InChI is InChI=1S/C16H24N2O2/c1-13-12-14(4-5-16(13)20-2)15(19)6-10-18-9-3-7-17-8-11-18/h4-5,12,17H,3,6-11H2,1-2H3. The normalized spacial score (nSPS) is 16.7. The van der Waals surface area contributed by atoms with Crippen molar-refractivity contribution in [2.24, 2.45) is 0 Å². The van der Waals surface area contributed by atoms with E-state index in [1.54, 1.807) is 7.11 Å². The van der Waals surface area contributed by atoms with Gasteiger partial charge < -0.3 is 15.0 Å². The third kappa shape index (κ3) is 4.05. The van der Waals surface area contributed by atoms with Crippen LogP contribution in [-0.2, 0) is 0 Å². The van der Waals surface area contributed by atoms with Crippen molar-refractivity contribution < 1.29 is 9.53 Å². The van der Waals surface area contributed by atoms with Gasteiger partial charge in [-0.15, -0.1) is 0 Å². The molecule has 1 aliphatic heterocycles. The monoisotopic (exact) mass is 276 g/mol. The van der Waals surface area contributed by atoms with Crippen molar-refractivity contribution in [3.8, 4) is 5.75 Å². The number of Topliss-reactive ketones (excluding diaryl/α,β-unsaturated/α-hetero) is 1. The molecule has 0 spiro atoms. The van der Waals surface area contributed by atoms with Crippen molar-refractivity contribution in [2.45, 2.75) is 19.8 Å². The molecule has 0 aliphatic carbocycles. The number of ketones is 1. The largest absolute Gasteiger partial charge is 0.496 e. The van der Waals surface area contributed by atoms with Crippen LogP contribution in [0.25, 0.3) is 0 Å². The minimum absolute atomic E-state index is 0.216. The Morgan fingerprint density at radius 2 is 2.20 bits per heavy atom. The Kier molecular flexibility index (Phi) is 5.56. The van der Waals surface area contributed by atoms with E-state index in [1.807, 2.05) is 25.1 Å². The number of aryl methyl sites for hydroxylation is 1. The molecule has 0 radical (unpaired) electrons. The molecular weight excluding hydrogens is 252 g/mol. The fourth-order valence-electron chi connectivity index (χ4n) is 2.58. The molecule has 110 valence electrons. The summed E-state index contributed by atoms with van der Waals surface area (Å²) in [6.07, 6.45) is 1.75. The van der Waals surface area contributed by atoms with Gasteiger partial charge in [0.25, 0.3) is 0 Å². The van der Waals surface area contributed by atoms with Gasteiger partial charge in [0.1, 0.15) is 5.75 Å². The number of nitrogens with one attached hydrogen (secondary N) is 1. The maximum absolute atomic E-state index is 12.2. The number of hydrogen-bond acceptors (Lipinski definition) is 4. The minimum atomic E-state index is 0.216. The first-order chi connectivity index (χ1) is 9.70. The van der Waals surface area contributed by atoms with Gasteiger partial charge in [-0.2, -0.15) is 0 Å². The van der Waals surface area contributed by atoms with Gasteiger partial charge in [-0.25, -0.2) is 0 Å². The Bertz CT molecular complexity index is 452. The van der Waals surface area contributed by atoms with Crippen molar-refractivity contribution >= 4 is 5.78 Å². The zero-order valence-electron chi connectivity index (χ0n) is 12.4. The second kappa shape index (κ2) is 7.41. The summed E-state index contributed by atoms with van der Waals surface area (Å²) in [5.41, 5.74) is 1.80. The van der Waals surface area contributed by atoms with Crippen molar-refractivity contribution in [1.29, 1.82) is 0 Å². The summed E-state index contributed by atoms with van der Waals surface area (Å²) < 4.78 is 5.22. The van der Waals surface area contributed by atoms with E-state index < -0.39 is 0 Å². The molecule has 0 aromatic heterocycles. The highest BCUT2D eigenvalue weighted by Gasteiger charge is 2.12. The highest BCUT2D eigenvalue weighted by molar-refractivity contribution is 5.96. The molecule has 4 heteroatoms. The summed E-state index contributed by atoms with van der Waals surface area (Å²) in [5.74, 6) is 1.05. The average molecular weight is 276 g/mol. The average Bonchev–Trinajstić information content (AvgIpc) is 2.73. The van der Waals surface area contributed by atoms with Crippen LogP contribution in [0, 0.1) is 6.92 Å². The predicted molar refractivity (Wildman–Crippen MR) is 80.6 cm³/mol. The van der Waals surface area contributed by atoms with Gasteiger partial charge in [-0.1, -0.05) is 0 Å². The molecule has 1 heterocycles. The topological polar surface area (TPSA) is 41.6 Å². The van der Waals surface area contributed by atoms with Crippen LogP contribution >= 0.6 is 0 Å². The summed E-state index contributed by atoms with van der Waals surface area (Å²) in [5, 5.41) is 3.38. The molecule has 0 amide bonds. The highest BCUT2D eigenvalue weighted by Crippen LogP contribution is 2.19. The summed E-state index contributed by atoms with van der Waals surface area (Å²) >= 11 is 0. The lowest BCUT2D eigenvalue weighted by atomic mass is 10.0. The molecule has 1 aliphatic rings. The van der Waals surface area contributed by atoms with Gasteiger partial charge in [0, 0.05) is 31.6 Å². The molecule has 1 fully saturated rings. The minimum Gasteiger partial charge on any atom is -0.496 e. The molecule has 1 N–H and O–H groups in total. The van der Waals surface area contributed by atoms with Crippen LogP contribution < -0.4 is 10.1 Å². The van der Waals surface area contributed by atoms with Gasteiger partial charge in [0.05, 0.1) is 7.11 Å². The Hall–Kier alpha value is -1.39. The molecule has 0 bridgehead atoms. The predicted octanol–water partition coefficient (Wildman–Crippen LogP) is 1.87. The Morgan fingerprint density at radius 3 is 2.95 bits per heavy atom. The first kappa shape index (κ1) is 15.0. The van der Waals surface area contributed by atoms with E-state index in [4.69, 9.17) is 4.74 Å². The van der Waals surface area contributed by atoms with Gasteiger partial charge in [0.15, 0.2) is 5.78 Å². The van der Waals surface area contributed by atoms with Crippen LogP contribution in [0.1, 0.15) is 28.8 Å². The van der Waals surface area contributed by atoms with Crippen LogP contribution in [0.3, 0.4) is 0 Å². The number of methoxy groups -OCH3 is 1. The first-order valence-corrected chi connectivity index (χ1v) is 7.31. The van der Waals surface area contributed by atoms with Crippen molar-refractivity contribution in [2.75, 3.05) is 39.8 Å². The Labute approximate surface area is 121 Å². The van der Waals surface area contributed by atoms with Crippen LogP contribution in [0.2, 0.25) is 0 Å². The number of ether oxygens (including phenoxy) is 1. The number of carbonyl (C=O) groups excluding carboxylic acids is 1. The number of rotatable bonds is 5. The van der Waals surface area contributed by atoms with E-state index in [-0.39, 0.29) is 5.78 Å². The molecule has 4 nitrogen and oxygen atoms in total. The molecule has 1 saturated heterocycles. The summed E-state index contributed by atoms with van der Waals surface area (Å²) in [6.45, 7) is 7.05. The van der Waals surface area contributed by atoms with Gasteiger partial charge in [-0.3, -0.25) is 4.79 Å². The maximum Gasteiger partial charge on any atom is 0.164 e. The highest BCUT2D eigenvalue weighted by atomic mass is 16.5. The van der Waals surface area contributed by atoms with E-state index in [0.717, 1.165) is 56.0 Å². The molecule has 1 aromatic rings. The quantitative estimate of drug-likeness (QED) is 0.834. The molecule has 0 saturated carbocycles. The number of nitrogens with zero attached hydrogens (tertiary/aromatic N) is 1. The lowest BCUT2D eigenvalue weighted by Crippen LogP contribution is -2.30. The second-order valence-corrected chi connectivity index (χ2v) is 5.30. The Morgan fingerprint density at radius 1 is 1.35 bits per heavy atom. The zero-order chi connectivity index (χ0) is 14.4. The lowest BCUT2D eigenvalue weighted by Gasteiger charge is -2.18. The fourth-order valence-corrected chi connectivity index (χ4v) is 2.58. The number of carbonyl (C=O) groups is 1. The molecule has 0 atom stereocenters.